The van der Waals surface area contributed by atoms with Gasteiger partial charge in [-0.1, -0.05) is 59.6 Å². The van der Waals surface area contributed by atoms with Gasteiger partial charge in [0.2, 0.25) is 0 Å². The number of benzene rings is 3. The number of anilines is 2. The average molecular weight is 465 g/mol. The van der Waals surface area contributed by atoms with Gasteiger partial charge in [0.15, 0.2) is 0 Å². The molecule has 5 rings (SSSR count). The second-order valence-corrected chi connectivity index (χ2v) is 10.7. The molecule has 3 aromatic carbocycles. The number of rotatable bonds is 4. The van der Waals surface area contributed by atoms with E-state index in [0.29, 0.717) is 22.2 Å². The Bertz CT molecular complexity index is 1320. The van der Waals surface area contributed by atoms with Crippen molar-refractivity contribution >= 4 is 33.0 Å². The lowest BCUT2D eigenvalue weighted by molar-refractivity contribution is 0.425. The first-order valence-electron chi connectivity index (χ1n) is 10.7. The van der Waals surface area contributed by atoms with Crippen LogP contribution in [0.3, 0.4) is 0 Å². The van der Waals surface area contributed by atoms with Gasteiger partial charge in [-0.05, 0) is 73.2 Å². The Morgan fingerprint density at radius 1 is 1.03 bits per heavy atom. The number of hydrogen-bond acceptors (Lipinski definition) is 3. The van der Waals surface area contributed by atoms with Crippen LogP contribution in [-0.2, 0) is 10.0 Å². The Labute approximate surface area is 194 Å². The van der Waals surface area contributed by atoms with Gasteiger partial charge in [-0.15, -0.1) is 0 Å². The number of sulfonamides is 1. The molecule has 32 heavy (non-hydrogen) atoms. The van der Waals surface area contributed by atoms with Crippen molar-refractivity contribution < 1.29 is 8.42 Å². The molecule has 0 aromatic heterocycles. The number of nitrogens with one attached hydrogen (secondary N) is 2. The lowest BCUT2D eigenvalue weighted by Crippen LogP contribution is -2.29. The standard InChI is InChI=1S/C26H25ClN2O2S/c1-16-9-11-18(12-10-16)26-21-6-3-5-20(21)22-15-19(13-14-25(22)28-26)32(30,31)29-24-8-4-7-23(27)17(24)2/h3-5,7-15,20-21,26,28-29H,6H2,1-2H3/t20-,21-,26+/m1/s1. The minimum atomic E-state index is -3.75. The second kappa shape index (κ2) is 7.98. The number of allylic oxidation sites excluding steroid dienone is 2. The number of aryl methyl sites for hydroxylation is 1. The van der Waals surface area contributed by atoms with Gasteiger partial charge in [-0.2, -0.15) is 0 Å². The molecule has 6 heteroatoms. The summed E-state index contributed by atoms with van der Waals surface area (Å²) in [4.78, 5) is 0.255. The molecule has 164 valence electrons. The number of fused-ring (bicyclic) bond motifs is 3. The molecule has 2 aliphatic rings. The Morgan fingerprint density at radius 3 is 2.59 bits per heavy atom. The third kappa shape index (κ3) is 3.70. The third-order valence-electron chi connectivity index (χ3n) is 6.59. The highest BCUT2D eigenvalue weighted by Gasteiger charge is 2.38. The molecule has 1 aliphatic heterocycles. The molecule has 0 bridgehead atoms. The zero-order chi connectivity index (χ0) is 22.5. The summed E-state index contributed by atoms with van der Waals surface area (Å²) in [5.74, 6) is 0.534. The molecular formula is C26H25ClN2O2S. The smallest absolute Gasteiger partial charge is 0.261 e. The van der Waals surface area contributed by atoms with E-state index in [0.717, 1.165) is 17.7 Å². The van der Waals surface area contributed by atoms with E-state index in [1.807, 2.05) is 12.1 Å². The Balaban J connectivity index is 1.49. The molecular weight excluding hydrogens is 440 g/mol. The van der Waals surface area contributed by atoms with E-state index < -0.39 is 10.0 Å². The minimum Gasteiger partial charge on any atom is -0.378 e. The predicted octanol–water partition coefficient (Wildman–Crippen LogP) is 6.58. The van der Waals surface area contributed by atoms with E-state index in [9.17, 15) is 8.42 Å². The molecule has 0 radical (unpaired) electrons. The summed E-state index contributed by atoms with van der Waals surface area (Å²) in [5.41, 5.74) is 5.71. The summed E-state index contributed by atoms with van der Waals surface area (Å²) in [7, 11) is -3.75. The highest BCUT2D eigenvalue weighted by Crippen LogP contribution is 2.50. The predicted molar refractivity (Wildman–Crippen MR) is 131 cm³/mol. The first kappa shape index (κ1) is 21.1. The quantitative estimate of drug-likeness (QED) is 0.428. The van der Waals surface area contributed by atoms with Gasteiger partial charge in [0.1, 0.15) is 0 Å². The van der Waals surface area contributed by atoms with Crippen molar-refractivity contribution in [3.63, 3.8) is 0 Å². The van der Waals surface area contributed by atoms with Crippen LogP contribution in [0.4, 0.5) is 11.4 Å². The Morgan fingerprint density at radius 2 is 1.81 bits per heavy atom. The van der Waals surface area contributed by atoms with Crippen molar-refractivity contribution in [2.24, 2.45) is 5.92 Å². The molecule has 1 aliphatic carbocycles. The molecule has 0 saturated heterocycles. The van der Waals surface area contributed by atoms with Crippen LogP contribution in [0.5, 0.6) is 0 Å². The van der Waals surface area contributed by atoms with E-state index in [1.165, 1.54) is 11.1 Å². The van der Waals surface area contributed by atoms with E-state index >= 15 is 0 Å². The van der Waals surface area contributed by atoms with E-state index in [-0.39, 0.29) is 16.9 Å². The van der Waals surface area contributed by atoms with Crippen LogP contribution >= 0.6 is 11.6 Å². The normalized spacial score (nSPS) is 21.5. The van der Waals surface area contributed by atoms with Crippen LogP contribution in [0.2, 0.25) is 5.02 Å². The lowest BCUT2D eigenvalue weighted by Gasteiger charge is -2.37. The molecule has 4 nitrogen and oxygen atoms in total. The summed E-state index contributed by atoms with van der Waals surface area (Å²) in [6.07, 6.45) is 5.39. The van der Waals surface area contributed by atoms with Gasteiger partial charge >= 0.3 is 0 Å². The molecule has 0 amide bonds. The maximum atomic E-state index is 13.2. The summed E-state index contributed by atoms with van der Waals surface area (Å²) in [5, 5.41) is 4.21. The summed E-state index contributed by atoms with van der Waals surface area (Å²) < 4.78 is 29.0. The van der Waals surface area contributed by atoms with Gasteiger partial charge in [0.05, 0.1) is 16.6 Å². The van der Waals surface area contributed by atoms with Crippen molar-refractivity contribution in [1.82, 2.24) is 0 Å². The summed E-state index contributed by atoms with van der Waals surface area (Å²) in [6.45, 7) is 3.89. The van der Waals surface area contributed by atoms with Crippen LogP contribution in [0.1, 0.15) is 40.6 Å². The largest absolute Gasteiger partial charge is 0.378 e. The molecule has 3 atom stereocenters. The molecule has 0 saturated carbocycles. The van der Waals surface area contributed by atoms with Crippen molar-refractivity contribution in [3.8, 4) is 0 Å². The van der Waals surface area contributed by atoms with Crippen molar-refractivity contribution in [2.45, 2.75) is 37.1 Å². The average Bonchev–Trinajstić information content (AvgIpc) is 3.27. The van der Waals surface area contributed by atoms with Gasteiger partial charge in [-0.3, -0.25) is 4.72 Å². The van der Waals surface area contributed by atoms with Crippen LogP contribution in [0.15, 0.2) is 77.7 Å². The maximum absolute atomic E-state index is 13.2. The third-order valence-corrected chi connectivity index (χ3v) is 8.37. The van der Waals surface area contributed by atoms with Crippen LogP contribution in [0, 0.1) is 19.8 Å². The molecule has 0 fully saturated rings. The highest BCUT2D eigenvalue weighted by atomic mass is 35.5. The topological polar surface area (TPSA) is 58.2 Å². The molecule has 2 N–H and O–H groups in total. The zero-order valence-electron chi connectivity index (χ0n) is 18.0. The number of hydrogen-bond donors (Lipinski definition) is 2. The van der Waals surface area contributed by atoms with Crippen LogP contribution in [0.25, 0.3) is 0 Å². The van der Waals surface area contributed by atoms with Crippen molar-refractivity contribution in [2.75, 3.05) is 10.0 Å². The van der Waals surface area contributed by atoms with Gasteiger partial charge < -0.3 is 5.32 Å². The summed E-state index contributed by atoms with van der Waals surface area (Å²) >= 11 is 6.17. The summed E-state index contributed by atoms with van der Waals surface area (Å²) in [6, 6.07) is 19.4. The van der Waals surface area contributed by atoms with Gasteiger partial charge in [0.25, 0.3) is 10.0 Å². The van der Waals surface area contributed by atoms with Crippen LogP contribution in [-0.4, -0.2) is 8.42 Å². The van der Waals surface area contributed by atoms with Gasteiger partial charge in [0, 0.05) is 16.6 Å². The van der Waals surface area contributed by atoms with E-state index in [1.54, 1.807) is 31.2 Å². The second-order valence-electron chi connectivity index (χ2n) is 8.65. The molecule has 3 aromatic rings. The first-order chi connectivity index (χ1) is 15.3. The van der Waals surface area contributed by atoms with Gasteiger partial charge in [-0.25, -0.2) is 8.42 Å². The Hall–Kier alpha value is -2.76. The first-order valence-corrected chi connectivity index (χ1v) is 12.6. The monoisotopic (exact) mass is 464 g/mol. The highest BCUT2D eigenvalue weighted by molar-refractivity contribution is 7.92. The van der Waals surface area contributed by atoms with Crippen LogP contribution < -0.4 is 10.0 Å². The SMILES string of the molecule is Cc1ccc([C@@H]2Nc3ccc(S(=O)(=O)Nc4cccc(Cl)c4C)cc3[C@@H]3C=CC[C@H]32)cc1. The zero-order valence-corrected chi connectivity index (χ0v) is 19.5. The van der Waals surface area contributed by atoms with Crippen molar-refractivity contribution in [3.05, 3.63) is 100 Å². The fourth-order valence-electron chi connectivity index (χ4n) is 4.77. The van der Waals surface area contributed by atoms with E-state index in [2.05, 4.69) is 53.4 Å². The Kier molecular flexibility index (Phi) is 5.26. The number of halogens is 1. The molecule has 0 unspecified atom stereocenters. The molecule has 0 spiro atoms. The fourth-order valence-corrected chi connectivity index (χ4v) is 6.10. The minimum absolute atomic E-state index is 0.181. The molecule has 1 heterocycles. The fraction of sp³-hybridized carbons (Fsp3) is 0.231. The lowest BCUT2D eigenvalue weighted by atomic mass is 9.77. The maximum Gasteiger partial charge on any atom is 0.261 e. The van der Waals surface area contributed by atoms with Crippen molar-refractivity contribution in [1.29, 1.82) is 0 Å². The van der Waals surface area contributed by atoms with E-state index in [4.69, 9.17) is 11.6 Å².